The number of rotatable bonds is 13. The summed E-state index contributed by atoms with van der Waals surface area (Å²) in [4.78, 5) is 8.26. The summed E-state index contributed by atoms with van der Waals surface area (Å²) in [6.45, 7) is 4.16. The van der Waals surface area contributed by atoms with Gasteiger partial charge < -0.3 is 18.9 Å². The smallest absolute Gasteiger partial charge is 0.163 e. The largest absolute Gasteiger partial charge is 0.494 e. The maximum absolute atomic E-state index is 13.6. The number of hydrogen-bond acceptors (Lipinski definition) is 10. The summed E-state index contributed by atoms with van der Waals surface area (Å²) in [6.07, 6.45) is 2.68. The van der Waals surface area contributed by atoms with Crippen LogP contribution in [0.5, 0.6) is 11.5 Å². The Morgan fingerprint density at radius 2 is 1.64 bits per heavy atom. The molecular weight excluding hydrogens is 510 g/mol. The summed E-state index contributed by atoms with van der Waals surface area (Å²) in [5.41, 5.74) is 0.477. The minimum absolute atomic E-state index is 0.122. The highest BCUT2D eigenvalue weighted by Gasteiger charge is 2.35. The molecule has 0 aliphatic heterocycles. The van der Waals surface area contributed by atoms with Crippen molar-refractivity contribution in [1.29, 1.82) is 0 Å². The average Bonchev–Trinajstić information content (AvgIpc) is 3.25. The van der Waals surface area contributed by atoms with E-state index in [0.717, 1.165) is 6.42 Å². The molecule has 0 saturated carbocycles. The summed E-state index contributed by atoms with van der Waals surface area (Å²) in [5, 5.41) is 7.77. The van der Waals surface area contributed by atoms with E-state index >= 15 is 0 Å². The lowest BCUT2D eigenvalue weighted by atomic mass is 10.2. The molecule has 196 valence electrons. The van der Waals surface area contributed by atoms with Gasteiger partial charge in [0.15, 0.2) is 27.3 Å². The number of aromatic nitrogens is 5. The van der Waals surface area contributed by atoms with E-state index < -0.39 is 26.9 Å². The Bertz CT molecular complexity index is 1230. The molecule has 11 nitrogen and oxygen atoms in total. The monoisotopic (exact) mass is 539 g/mol. The highest BCUT2D eigenvalue weighted by Crippen LogP contribution is 2.35. The Morgan fingerprint density at radius 3 is 2.19 bits per heavy atom. The zero-order chi connectivity index (χ0) is 26.3. The van der Waals surface area contributed by atoms with Crippen LogP contribution >= 0.6 is 11.6 Å². The molecule has 0 amide bonds. The third-order valence-corrected chi connectivity index (χ3v) is 7.71. The Hall–Kier alpha value is -2.80. The van der Waals surface area contributed by atoms with Gasteiger partial charge in [-0.3, -0.25) is 4.57 Å². The van der Waals surface area contributed by atoms with Gasteiger partial charge in [0.2, 0.25) is 0 Å². The van der Waals surface area contributed by atoms with E-state index in [1.165, 1.54) is 40.6 Å². The molecule has 13 heteroatoms. The predicted octanol–water partition coefficient (Wildman–Crippen LogP) is 3.35. The van der Waals surface area contributed by atoms with Crippen LogP contribution in [-0.4, -0.2) is 66.3 Å². The SMILES string of the molecule is CCCOCc1nnc(CS(=O)(=O)[C@@H](C)[C@H](OC)c2ncc(Cl)cn2)n1-c1c(OC)cccc1OC. The van der Waals surface area contributed by atoms with Crippen molar-refractivity contribution in [2.75, 3.05) is 27.9 Å². The molecular formula is C23H30ClN5O6S. The number of para-hydroxylation sites is 1. The molecule has 2 atom stereocenters. The fourth-order valence-corrected chi connectivity index (χ4v) is 5.15. The van der Waals surface area contributed by atoms with Gasteiger partial charge in [-0.25, -0.2) is 18.4 Å². The molecule has 0 radical (unpaired) electrons. The fourth-order valence-electron chi connectivity index (χ4n) is 3.63. The van der Waals surface area contributed by atoms with Crippen molar-refractivity contribution in [3.63, 3.8) is 0 Å². The lowest BCUT2D eigenvalue weighted by Gasteiger charge is -2.22. The molecule has 1 aromatic carbocycles. The van der Waals surface area contributed by atoms with Gasteiger partial charge in [0.25, 0.3) is 0 Å². The summed E-state index contributed by atoms with van der Waals surface area (Å²) < 4.78 is 51.0. The standard InChI is InChI=1S/C23H30ClN5O6S/c1-6-10-35-13-19-27-28-20(29(19)21-17(32-3)8-7-9-18(21)33-4)14-36(30,31)15(2)22(34-5)23-25-11-16(24)12-26-23/h7-9,11-12,15,22H,6,10,13-14H2,1-5H3/t15-,22-/m0/s1. The van der Waals surface area contributed by atoms with Crippen LogP contribution in [0.25, 0.3) is 5.69 Å². The third kappa shape index (κ3) is 6.12. The van der Waals surface area contributed by atoms with Crippen molar-refractivity contribution in [2.45, 2.75) is 44.0 Å². The second kappa shape index (κ2) is 12.4. The zero-order valence-electron chi connectivity index (χ0n) is 20.8. The highest BCUT2D eigenvalue weighted by molar-refractivity contribution is 7.91. The maximum atomic E-state index is 13.6. The molecule has 0 aliphatic carbocycles. The maximum Gasteiger partial charge on any atom is 0.163 e. The van der Waals surface area contributed by atoms with Crippen molar-refractivity contribution in [1.82, 2.24) is 24.7 Å². The molecule has 0 fully saturated rings. The molecule has 2 aromatic heterocycles. The number of hydrogen-bond donors (Lipinski definition) is 0. The number of methoxy groups -OCH3 is 3. The molecule has 3 aromatic rings. The lowest BCUT2D eigenvalue weighted by molar-refractivity contribution is 0.0948. The number of benzene rings is 1. The van der Waals surface area contributed by atoms with Gasteiger partial charge in [-0.2, -0.15) is 0 Å². The van der Waals surface area contributed by atoms with Gasteiger partial charge in [0.1, 0.15) is 35.7 Å². The quantitative estimate of drug-likeness (QED) is 0.298. The van der Waals surface area contributed by atoms with Gasteiger partial charge in [-0.1, -0.05) is 24.6 Å². The van der Waals surface area contributed by atoms with E-state index in [2.05, 4.69) is 20.2 Å². The van der Waals surface area contributed by atoms with E-state index in [9.17, 15) is 8.42 Å². The second-order valence-corrected chi connectivity index (χ2v) is 10.7. The Balaban J connectivity index is 2.05. The zero-order valence-corrected chi connectivity index (χ0v) is 22.4. The Kier molecular flexibility index (Phi) is 9.60. The molecule has 2 heterocycles. The van der Waals surface area contributed by atoms with Crippen LogP contribution in [0.3, 0.4) is 0 Å². The minimum atomic E-state index is -3.85. The fraction of sp³-hybridized carbons (Fsp3) is 0.478. The number of ether oxygens (including phenoxy) is 4. The van der Waals surface area contributed by atoms with Crippen molar-refractivity contribution in [3.8, 4) is 17.2 Å². The minimum Gasteiger partial charge on any atom is -0.494 e. The third-order valence-electron chi connectivity index (χ3n) is 5.47. The normalized spacial score (nSPS) is 13.4. The van der Waals surface area contributed by atoms with Crippen molar-refractivity contribution < 1.29 is 27.4 Å². The van der Waals surface area contributed by atoms with Crippen LogP contribution in [0, 0.1) is 0 Å². The molecule has 0 saturated heterocycles. The summed E-state index contributed by atoms with van der Waals surface area (Å²) in [6, 6.07) is 5.26. The second-order valence-electron chi connectivity index (χ2n) is 7.86. The van der Waals surface area contributed by atoms with Crippen LogP contribution in [-0.2, 0) is 31.7 Å². The molecule has 0 N–H and O–H groups in total. The van der Waals surface area contributed by atoms with Crippen LogP contribution in [0.4, 0.5) is 0 Å². The summed E-state index contributed by atoms with van der Waals surface area (Å²) in [7, 11) is 0.590. The first-order valence-electron chi connectivity index (χ1n) is 11.2. The van der Waals surface area contributed by atoms with Gasteiger partial charge in [-0.05, 0) is 25.5 Å². The lowest BCUT2D eigenvalue weighted by Crippen LogP contribution is -2.30. The number of sulfone groups is 1. The Morgan fingerprint density at radius 1 is 1.03 bits per heavy atom. The molecule has 36 heavy (non-hydrogen) atoms. The Labute approximate surface area is 215 Å². The molecule has 0 unspecified atom stereocenters. The average molecular weight is 540 g/mol. The van der Waals surface area contributed by atoms with Crippen molar-refractivity contribution in [2.24, 2.45) is 0 Å². The van der Waals surface area contributed by atoms with Gasteiger partial charge in [-0.15, -0.1) is 10.2 Å². The van der Waals surface area contributed by atoms with E-state index in [4.69, 9.17) is 30.5 Å². The number of halogens is 1. The first-order valence-corrected chi connectivity index (χ1v) is 13.3. The van der Waals surface area contributed by atoms with Crippen LogP contribution < -0.4 is 9.47 Å². The van der Waals surface area contributed by atoms with Crippen LogP contribution in [0.15, 0.2) is 30.6 Å². The van der Waals surface area contributed by atoms with Crippen molar-refractivity contribution in [3.05, 3.63) is 53.1 Å². The summed E-state index contributed by atoms with van der Waals surface area (Å²) in [5.74, 6) is 1.27. The van der Waals surface area contributed by atoms with Crippen LogP contribution in [0.2, 0.25) is 5.02 Å². The van der Waals surface area contributed by atoms with Crippen LogP contribution in [0.1, 0.15) is 43.8 Å². The highest BCUT2D eigenvalue weighted by atomic mass is 35.5. The first kappa shape index (κ1) is 27.8. The van der Waals surface area contributed by atoms with Crippen molar-refractivity contribution >= 4 is 21.4 Å². The van der Waals surface area contributed by atoms with E-state index in [0.29, 0.717) is 34.6 Å². The van der Waals surface area contributed by atoms with E-state index in [1.54, 1.807) is 22.8 Å². The topological polar surface area (TPSA) is 128 Å². The van der Waals surface area contributed by atoms with Gasteiger partial charge in [0, 0.05) is 26.1 Å². The molecule has 0 bridgehead atoms. The van der Waals surface area contributed by atoms with Gasteiger partial charge >= 0.3 is 0 Å². The molecule has 0 spiro atoms. The first-order chi connectivity index (χ1) is 17.3. The molecule has 0 aliphatic rings. The molecule has 3 rings (SSSR count). The summed E-state index contributed by atoms with van der Waals surface area (Å²) >= 11 is 5.88. The number of nitrogens with zero attached hydrogens (tertiary/aromatic N) is 5. The predicted molar refractivity (Wildman–Crippen MR) is 133 cm³/mol. The van der Waals surface area contributed by atoms with Gasteiger partial charge in [0.05, 0.1) is 24.5 Å². The van der Waals surface area contributed by atoms with E-state index in [-0.39, 0.29) is 18.3 Å². The van der Waals surface area contributed by atoms with E-state index in [1.807, 2.05) is 6.92 Å².